The third-order valence-corrected chi connectivity index (χ3v) is 3.50. The van der Waals surface area contributed by atoms with Gasteiger partial charge >= 0.3 is 0 Å². The van der Waals surface area contributed by atoms with Crippen LogP contribution in [0.2, 0.25) is 5.15 Å². The summed E-state index contributed by atoms with van der Waals surface area (Å²) in [6.45, 7) is 0.179. The van der Waals surface area contributed by atoms with E-state index in [1.165, 1.54) is 17.4 Å². The molecule has 2 N–H and O–H groups in total. The summed E-state index contributed by atoms with van der Waals surface area (Å²) in [4.78, 5) is 15.5. The molecule has 0 aliphatic heterocycles. The highest BCUT2D eigenvalue weighted by atomic mass is 35.5. The van der Waals surface area contributed by atoms with Crippen molar-refractivity contribution < 1.29 is 9.90 Å². The van der Waals surface area contributed by atoms with Crippen molar-refractivity contribution in [2.75, 3.05) is 6.54 Å². The van der Waals surface area contributed by atoms with Gasteiger partial charge in [-0.05, 0) is 40.1 Å². The summed E-state index contributed by atoms with van der Waals surface area (Å²) in [5.41, 5.74) is 1.59. The molecule has 6 heteroatoms. The summed E-state index contributed by atoms with van der Waals surface area (Å²) in [6, 6.07) is 5.25. The smallest absolute Gasteiger partial charge is 0.244 e. The van der Waals surface area contributed by atoms with Gasteiger partial charge in [0.25, 0.3) is 0 Å². The molecule has 2 heterocycles. The van der Waals surface area contributed by atoms with Crippen molar-refractivity contribution in [3.05, 3.63) is 57.5 Å². The Balaban J connectivity index is 1.82. The lowest BCUT2D eigenvalue weighted by Crippen LogP contribution is -2.26. The Kier molecular flexibility index (Phi) is 5.29. The molecule has 20 heavy (non-hydrogen) atoms. The molecule has 0 saturated carbocycles. The molecular weight excluding hydrogens is 296 g/mol. The molecule has 0 aromatic carbocycles. The van der Waals surface area contributed by atoms with Crippen LogP contribution in [0.4, 0.5) is 0 Å². The van der Waals surface area contributed by atoms with Crippen LogP contribution >= 0.6 is 22.9 Å². The molecule has 4 nitrogen and oxygen atoms in total. The van der Waals surface area contributed by atoms with Gasteiger partial charge in [-0.25, -0.2) is 4.98 Å². The third-order valence-electron chi connectivity index (χ3n) is 2.58. The predicted molar refractivity (Wildman–Crippen MR) is 80.6 cm³/mol. The van der Waals surface area contributed by atoms with Crippen molar-refractivity contribution in [3.8, 4) is 0 Å². The molecule has 0 aliphatic rings. The fraction of sp³-hybridized carbons (Fsp3) is 0.143. The van der Waals surface area contributed by atoms with Gasteiger partial charge < -0.3 is 10.4 Å². The van der Waals surface area contributed by atoms with Crippen LogP contribution in [-0.4, -0.2) is 22.5 Å². The van der Waals surface area contributed by atoms with Gasteiger partial charge in [0.15, 0.2) is 0 Å². The molecule has 1 unspecified atom stereocenters. The van der Waals surface area contributed by atoms with E-state index in [-0.39, 0.29) is 12.5 Å². The van der Waals surface area contributed by atoms with E-state index < -0.39 is 6.10 Å². The SMILES string of the molecule is O=C(/C=C/c1ccc(Cl)nc1)NCC(O)c1ccsc1. The van der Waals surface area contributed by atoms with Gasteiger partial charge in [-0.1, -0.05) is 17.7 Å². The number of thiophene rings is 1. The number of amides is 1. The van der Waals surface area contributed by atoms with Crippen molar-refractivity contribution >= 4 is 34.9 Å². The normalized spacial score (nSPS) is 12.5. The highest BCUT2D eigenvalue weighted by molar-refractivity contribution is 7.07. The Hall–Kier alpha value is -1.69. The summed E-state index contributed by atoms with van der Waals surface area (Å²) in [5, 5.41) is 16.6. The van der Waals surface area contributed by atoms with Crippen LogP contribution in [0.15, 0.2) is 41.2 Å². The zero-order chi connectivity index (χ0) is 14.4. The van der Waals surface area contributed by atoms with E-state index in [2.05, 4.69) is 10.3 Å². The van der Waals surface area contributed by atoms with Crippen LogP contribution in [0.3, 0.4) is 0 Å². The predicted octanol–water partition coefficient (Wildman–Crippen LogP) is 2.66. The summed E-state index contributed by atoms with van der Waals surface area (Å²) < 4.78 is 0. The number of aliphatic hydroxyl groups excluding tert-OH is 1. The molecule has 1 amide bonds. The number of pyridine rings is 1. The number of nitrogens with one attached hydrogen (secondary N) is 1. The summed E-state index contributed by atoms with van der Waals surface area (Å²) in [7, 11) is 0. The summed E-state index contributed by atoms with van der Waals surface area (Å²) in [5.74, 6) is -0.269. The maximum atomic E-state index is 11.6. The Morgan fingerprint density at radius 2 is 2.35 bits per heavy atom. The average molecular weight is 309 g/mol. The zero-order valence-electron chi connectivity index (χ0n) is 10.5. The van der Waals surface area contributed by atoms with Gasteiger partial charge in [-0.3, -0.25) is 4.79 Å². The molecule has 2 rings (SSSR count). The van der Waals surface area contributed by atoms with Gasteiger partial charge in [-0.15, -0.1) is 0 Å². The van der Waals surface area contributed by atoms with Crippen LogP contribution in [0.5, 0.6) is 0 Å². The zero-order valence-corrected chi connectivity index (χ0v) is 12.1. The average Bonchev–Trinajstić information content (AvgIpc) is 2.98. The maximum Gasteiger partial charge on any atom is 0.244 e. The largest absolute Gasteiger partial charge is 0.387 e. The van der Waals surface area contributed by atoms with Crippen LogP contribution in [0, 0.1) is 0 Å². The van der Waals surface area contributed by atoms with E-state index in [0.29, 0.717) is 5.15 Å². The van der Waals surface area contributed by atoms with Gasteiger partial charge in [0, 0.05) is 18.8 Å². The molecule has 104 valence electrons. The molecule has 0 saturated heterocycles. The Morgan fingerprint density at radius 1 is 1.50 bits per heavy atom. The Labute approximate surface area is 125 Å². The fourth-order valence-electron chi connectivity index (χ4n) is 1.50. The van der Waals surface area contributed by atoms with Gasteiger partial charge in [0.2, 0.25) is 5.91 Å². The molecule has 0 bridgehead atoms. The van der Waals surface area contributed by atoms with Crippen LogP contribution in [-0.2, 0) is 4.79 Å². The van der Waals surface area contributed by atoms with Gasteiger partial charge in [0.1, 0.15) is 5.15 Å². The summed E-state index contributed by atoms with van der Waals surface area (Å²) >= 11 is 7.17. The highest BCUT2D eigenvalue weighted by Gasteiger charge is 2.08. The van der Waals surface area contributed by atoms with E-state index >= 15 is 0 Å². The lowest BCUT2D eigenvalue weighted by Gasteiger charge is -2.08. The number of rotatable bonds is 5. The minimum atomic E-state index is -0.684. The van der Waals surface area contributed by atoms with E-state index in [9.17, 15) is 9.90 Å². The first kappa shape index (κ1) is 14.7. The minimum absolute atomic E-state index is 0.179. The number of nitrogens with zero attached hydrogens (tertiary/aromatic N) is 1. The number of halogens is 1. The quantitative estimate of drug-likeness (QED) is 0.659. The number of carbonyl (C=O) groups excluding carboxylic acids is 1. The Morgan fingerprint density at radius 3 is 3.00 bits per heavy atom. The number of carbonyl (C=O) groups is 1. The second-order valence-corrected chi connectivity index (χ2v) is 5.23. The first-order valence-electron chi connectivity index (χ1n) is 5.93. The first-order valence-corrected chi connectivity index (χ1v) is 7.25. The molecule has 2 aromatic rings. The van der Waals surface area contributed by atoms with Crippen molar-refractivity contribution in [2.45, 2.75) is 6.10 Å². The maximum absolute atomic E-state index is 11.6. The highest BCUT2D eigenvalue weighted by Crippen LogP contribution is 2.15. The molecule has 0 radical (unpaired) electrons. The molecular formula is C14H13ClN2O2S. The van der Waals surface area contributed by atoms with E-state index in [1.807, 2.05) is 16.8 Å². The van der Waals surface area contributed by atoms with E-state index in [0.717, 1.165) is 11.1 Å². The van der Waals surface area contributed by atoms with Crippen LogP contribution in [0.1, 0.15) is 17.2 Å². The molecule has 0 aliphatic carbocycles. The lowest BCUT2D eigenvalue weighted by atomic mass is 10.2. The van der Waals surface area contributed by atoms with E-state index in [4.69, 9.17) is 11.6 Å². The van der Waals surface area contributed by atoms with Crippen molar-refractivity contribution in [1.82, 2.24) is 10.3 Å². The monoisotopic (exact) mass is 308 g/mol. The number of aromatic nitrogens is 1. The molecule has 0 spiro atoms. The first-order chi connectivity index (χ1) is 9.65. The topological polar surface area (TPSA) is 62.2 Å². The lowest BCUT2D eigenvalue weighted by molar-refractivity contribution is -0.116. The molecule has 2 aromatic heterocycles. The van der Waals surface area contributed by atoms with Crippen molar-refractivity contribution in [2.24, 2.45) is 0 Å². The minimum Gasteiger partial charge on any atom is -0.387 e. The third kappa shape index (κ3) is 4.45. The number of aliphatic hydroxyl groups is 1. The van der Waals surface area contributed by atoms with Gasteiger partial charge in [0.05, 0.1) is 6.10 Å². The molecule has 1 atom stereocenters. The summed E-state index contributed by atoms with van der Waals surface area (Å²) in [6.07, 6.45) is 3.92. The fourth-order valence-corrected chi connectivity index (χ4v) is 2.32. The Bertz CT molecular complexity index is 582. The van der Waals surface area contributed by atoms with Crippen molar-refractivity contribution in [1.29, 1.82) is 0 Å². The standard InChI is InChI=1S/C14H13ClN2O2S/c15-13-3-1-10(7-16-13)2-4-14(19)17-8-12(18)11-5-6-20-9-11/h1-7,9,12,18H,8H2,(H,17,19)/b4-2+. The van der Waals surface area contributed by atoms with Gasteiger partial charge in [-0.2, -0.15) is 11.3 Å². The second-order valence-electron chi connectivity index (χ2n) is 4.07. The van der Waals surface area contributed by atoms with Crippen LogP contribution < -0.4 is 5.32 Å². The number of hydrogen-bond acceptors (Lipinski definition) is 4. The van der Waals surface area contributed by atoms with Crippen LogP contribution in [0.25, 0.3) is 6.08 Å². The second kappa shape index (κ2) is 7.19. The number of hydrogen-bond donors (Lipinski definition) is 2. The van der Waals surface area contributed by atoms with Crippen molar-refractivity contribution in [3.63, 3.8) is 0 Å². The van der Waals surface area contributed by atoms with E-state index in [1.54, 1.807) is 24.4 Å². The molecule has 0 fully saturated rings.